The van der Waals surface area contributed by atoms with Gasteiger partial charge in [-0.15, -0.1) is 4.98 Å². The fraction of sp³-hybridized carbons (Fsp3) is 0. The van der Waals surface area contributed by atoms with Gasteiger partial charge in [0.15, 0.2) is 0 Å². The van der Waals surface area contributed by atoms with Crippen LogP contribution in [0, 0.1) is 17.9 Å². The number of rotatable bonds is 5. The Hall–Kier alpha value is -7.86. The van der Waals surface area contributed by atoms with E-state index in [1.54, 1.807) is 12.4 Å². The van der Waals surface area contributed by atoms with Gasteiger partial charge in [0, 0.05) is 22.7 Å². The summed E-state index contributed by atoms with van der Waals surface area (Å²) in [6.45, 7) is 7.50. The molecule has 0 spiro atoms. The van der Waals surface area contributed by atoms with E-state index in [1.807, 2.05) is 24.3 Å². The van der Waals surface area contributed by atoms with Crippen LogP contribution in [0.3, 0.4) is 0 Å². The lowest BCUT2D eigenvalue weighted by atomic mass is 9.90. The Morgan fingerprint density at radius 2 is 0.964 bits per heavy atom. The number of benzene rings is 7. The Labute approximate surface area is 317 Å². The molecule has 0 N–H and O–H groups in total. The van der Waals surface area contributed by atoms with E-state index in [2.05, 4.69) is 165 Å². The average Bonchev–Trinajstić information content (AvgIpc) is 3.61. The van der Waals surface area contributed by atoms with E-state index in [4.69, 9.17) is 6.57 Å². The first kappa shape index (κ1) is 31.8. The largest absolute Gasteiger partial charge is 0.361 e. The lowest BCUT2D eigenvalue weighted by Gasteiger charge is -2.13. The molecule has 0 fully saturated rings. The van der Waals surface area contributed by atoms with Crippen molar-refractivity contribution in [3.05, 3.63) is 193 Å². The van der Waals surface area contributed by atoms with E-state index in [1.165, 1.54) is 32.3 Å². The highest BCUT2D eigenvalue weighted by atomic mass is 15.0. The van der Waals surface area contributed by atoms with Crippen LogP contribution < -0.4 is 0 Å². The number of para-hydroxylation sites is 1. The number of hydrogen-bond donors (Lipinski definition) is 0. The van der Waals surface area contributed by atoms with Gasteiger partial charge in [0.05, 0.1) is 11.0 Å². The minimum atomic E-state index is 0.381. The van der Waals surface area contributed by atoms with Crippen LogP contribution in [0.15, 0.2) is 176 Å². The standard InChI is InChI=1S/C50H29N5/c1-52-48-28-35(22-24-54-48)33-12-10-14-37(26-33)45-30-47-50(43-20-8-6-18-41(43)45)49-42-19-7-5-17-40(42)44(29-46(49)55(47)39-15-3-2-4-16-39)36-13-9-11-32(25-36)34-21-23-53-38(27-34)31-51/h2-30H. The highest BCUT2D eigenvalue weighted by Crippen LogP contribution is 2.46. The molecule has 0 aliphatic rings. The lowest BCUT2D eigenvalue weighted by molar-refractivity contribution is 1.18. The third-order valence-electron chi connectivity index (χ3n) is 10.5. The molecule has 10 aromatic rings. The van der Waals surface area contributed by atoms with Gasteiger partial charge in [-0.2, -0.15) is 5.26 Å². The van der Waals surface area contributed by atoms with Crippen LogP contribution in [0.1, 0.15) is 5.69 Å². The number of aromatic nitrogens is 3. The molecule has 5 heteroatoms. The molecule has 0 amide bonds. The summed E-state index contributed by atoms with van der Waals surface area (Å²) in [7, 11) is 0. The molecule has 55 heavy (non-hydrogen) atoms. The molecule has 7 aromatic carbocycles. The third kappa shape index (κ3) is 5.31. The monoisotopic (exact) mass is 699 g/mol. The SMILES string of the molecule is [C-]#[N+]c1cc(-c2cccc(-c3cc4c(c5ccccc35)c3c5ccccc5c(-c5cccc(-c6ccnc(C#N)c6)c5)cc3n4-c3ccccc3)c2)ccn1. The van der Waals surface area contributed by atoms with Gasteiger partial charge in [-0.1, -0.05) is 110 Å². The molecule has 0 radical (unpaired) electrons. The van der Waals surface area contributed by atoms with E-state index >= 15 is 0 Å². The second kappa shape index (κ2) is 13.0. The Bertz CT molecular complexity index is 3040. The summed E-state index contributed by atoms with van der Waals surface area (Å²) >= 11 is 0. The second-order valence-electron chi connectivity index (χ2n) is 13.6. The van der Waals surface area contributed by atoms with E-state index in [0.717, 1.165) is 61.2 Å². The summed E-state index contributed by atoms with van der Waals surface area (Å²) in [5.74, 6) is 0.381. The Kier molecular flexibility index (Phi) is 7.51. The molecule has 0 atom stereocenters. The molecule has 0 aliphatic carbocycles. The number of nitriles is 1. The van der Waals surface area contributed by atoms with E-state index in [0.29, 0.717) is 11.5 Å². The van der Waals surface area contributed by atoms with Crippen LogP contribution in [0.25, 0.3) is 98.4 Å². The van der Waals surface area contributed by atoms with Crippen LogP contribution in [0.4, 0.5) is 5.82 Å². The highest BCUT2D eigenvalue weighted by molar-refractivity contribution is 6.31. The van der Waals surface area contributed by atoms with E-state index < -0.39 is 0 Å². The topological polar surface area (TPSA) is 58.9 Å². The molecule has 0 saturated carbocycles. The first-order valence-electron chi connectivity index (χ1n) is 18.1. The van der Waals surface area contributed by atoms with Gasteiger partial charge in [0.1, 0.15) is 18.0 Å². The quantitative estimate of drug-likeness (QED) is 0.168. The van der Waals surface area contributed by atoms with Gasteiger partial charge in [-0.3, -0.25) is 0 Å². The lowest BCUT2D eigenvalue weighted by Crippen LogP contribution is -1.95. The smallest absolute Gasteiger partial charge is 0.270 e. The summed E-state index contributed by atoms with van der Waals surface area (Å²) in [6, 6.07) is 59.7. The van der Waals surface area contributed by atoms with Gasteiger partial charge >= 0.3 is 0 Å². The fourth-order valence-corrected chi connectivity index (χ4v) is 8.12. The first-order chi connectivity index (χ1) is 27.2. The summed E-state index contributed by atoms with van der Waals surface area (Å²) in [4.78, 5) is 12.0. The first-order valence-corrected chi connectivity index (χ1v) is 18.1. The Morgan fingerprint density at radius 1 is 0.473 bits per heavy atom. The minimum absolute atomic E-state index is 0.381. The maximum absolute atomic E-state index is 9.54. The zero-order chi connectivity index (χ0) is 36.9. The average molecular weight is 700 g/mol. The number of hydrogen-bond acceptors (Lipinski definition) is 3. The zero-order valence-electron chi connectivity index (χ0n) is 29.5. The molecule has 0 saturated heterocycles. The summed E-state index contributed by atoms with van der Waals surface area (Å²) in [5, 5.41) is 16.7. The molecule has 0 unspecified atom stereocenters. The van der Waals surface area contributed by atoms with Crippen molar-refractivity contribution < 1.29 is 0 Å². The van der Waals surface area contributed by atoms with Crippen molar-refractivity contribution >= 4 is 49.2 Å². The summed E-state index contributed by atoms with van der Waals surface area (Å²) in [5.41, 5.74) is 12.2. The van der Waals surface area contributed by atoms with Crippen LogP contribution >= 0.6 is 0 Å². The van der Waals surface area contributed by atoms with Crippen molar-refractivity contribution in [2.75, 3.05) is 0 Å². The van der Waals surface area contributed by atoms with Gasteiger partial charge in [0.2, 0.25) is 0 Å². The molecule has 5 nitrogen and oxygen atoms in total. The van der Waals surface area contributed by atoms with Crippen molar-refractivity contribution in [3.63, 3.8) is 0 Å². The van der Waals surface area contributed by atoms with Crippen molar-refractivity contribution in [1.29, 1.82) is 5.26 Å². The van der Waals surface area contributed by atoms with E-state index in [9.17, 15) is 5.26 Å². The number of fused-ring (bicyclic) bond motifs is 7. The third-order valence-corrected chi connectivity index (χ3v) is 10.5. The fourth-order valence-electron chi connectivity index (χ4n) is 8.12. The van der Waals surface area contributed by atoms with Crippen LogP contribution in [-0.4, -0.2) is 14.5 Å². The van der Waals surface area contributed by atoms with Gasteiger partial charge in [-0.05, 0) is 127 Å². The van der Waals surface area contributed by atoms with E-state index in [-0.39, 0.29) is 0 Å². The van der Waals surface area contributed by atoms with Crippen molar-refractivity contribution in [1.82, 2.24) is 14.5 Å². The molecular weight excluding hydrogens is 671 g/mol. The van der Waals surface area contributed by atoms with Crippen molar-refractivity contribution in [2.45, 2.75) is 0 Å². The molecular formula is C50H29N5. The van der Waals surface area contributed by atoms with Crippen molar-refractivity contribution in [3.8, 4) is 56.3 Å². The molecule has 254 valence electrons. The second-order valence-corrected chi connectivity index (χ2v) is 13.6. The molecule has 10 rings (SSSR count). The normalized spacial score (nSPS) is 11.2. The Balaban J connectivity index is 1.29. The predicted molar refractivity (Wildman–Crippen MR) is 224 cm³/mol. The summed E-state index contributed by atoms with van der Waals surface area (Å²) in [6.07, 6.45) is 3.40. The Morgan fingerprint density at radius 3 is 1.53 bits per heavy atom. The maximum atomic E-state index is 9.54. The van der Waals surface area contributed by atoms with Crippen molar-refractivity contribution in [2.24, 2.45) is 0 Å². The van der Waals surface area contributed by atoms with Crippen LogP contribution in [0.2, 0.25) is 0 Å². The van der Waals surface area contributed by atoms with Gasteiger partial charge in [0.25, 0.3) is 5.82 Å². The predicted octanol–water partition coefficient (Wildman–Crippen LogP) is 13.0. The van der Waals surface area contributed by atoms with Crippen LogP contribution in [0.5, 0.6) is 0 Å². The summed E-state index contributed by atoms with van der Waals surface area (Å²) < 4.78 is 2.41. The number of nitrogens with zero attached hydrogens (tertiary/aromatic N) is 5. The molecule has 0 aliphatic heterocycles. The highest BCUT2D eigenvalue weighted by Gasteiger charge is 2.22. The van der Waals surface area contributed by atoms with Gasteiger partial charge < -0.3 is 9.41 Å². The minimum Gasteiger partial charge on any atom is -0.361 e. The zero-order valence-corrected chi connectivity index (χ0v) is 29.5. The number of pyridine rings is 2. The molecule has 0 bridgehead atoms. The maximum Gasteiger partial charge on any atom is 0.270 e. The van der Waals surface area contributed by atoms with Crippen LogP contribution in [-0.2, 0) is 0 Å². The molecule has 3 heterocycles. The molecule has 3 aromatic heterocycles. The van der Waals surface area contributed by atoms with Gasteiger partial charge in [-0.25, -0.2) is 4.98 Å².